The van der Waals surface area contributed by atoms with E-state index in [0.29, 0.717) is 0 Å². The molecule has 0 aromatic carbocycles. The first-order chi connectivity index (χ1) is 8.74. The van der Waals surface area contributed by atoms with Crippen LogP contribution in [-0.2, 0) is 13.3 Å². The smallest absolute Gasteiger partial charge is 0.377 e. The molecule has 110 valence electrons. The van der Waals surface area contributed by atoms with Crippen LogP contribution in [-0.4, -0.2) is 30.1 Å². The minimum absolute atomic E-state index is 0.937. The first kappa shape index (κ1) is 18.1. The Morgan fingerprint density at radius 3 is 1.39 bits per heavy atom. The van der Waals surface area contributed by atoms with Crippen LogP contribution < -0.4 is 0 Å². The molecule has 0 heterocycles. The van der Waals surface area contributed by atoms with Crippen molar-refractivity contribution in [1.29, 1.82) is 0 Å². The van der Waals surface area contributed by atoms with E-state index < -0.39 is 8.80 Å². The van der Waals surface area contributed by atoms with E-state index in [4.69, 9.17) is 13.3 Å². The zero-order valence-corrected chi connectivity index (χ0v) is 13.8. The minimum Gasteiger partial charge on any atom is -0.377 e. The normalized spacial score (nSPS) is 12.0. The Balaban J connectivity index is 3.38. The van der Waals surface area contributed by atoms with Crippen LogP contribution in [0.4, 0.5) is 0 Å². The van der Waals surface area contributed by atoms with Gasteiger partial charge in [0.2, 0.25) is 0 Å². The molecular formula is C14H32O3Si. The van der Waals surface area contributed by atoms with Gasteiger partial charge < -0.3 is 13.3 Å². The van der Waals surface area contributed by atoms with Gasteiger partial charge in [-0.25, -0.2) is 0 Å². The van der Waals surface area contributed by atoms with Crippen molar-refractivity contribution < 1.29 is 13.3 Å². The van der Waals surface area contributed by atoms with Crippen LogP contribution in [0, 0.1) is 0 Å². The largest absolute Gasteiger partial charge is 0.500 e. The van der Waals surface area contributed by atoms with Gasteiger partial charge in [0, 0.05) is 27.4 Å². The van der Waals surface area contributed by atoms with Gasteiger partial charge in [-0.15, -0.1) is 0 Å². The van der Waals surface area contributed by atoms with E-state index in [-0.39, 0.29) is 0 Å². The molecule has 0 fully saturated rings. The molecule has 0 aliphatic heterocycles. The van der Waals surface area contributed by atoms with E-state index in [9.17, 15) is 0 Å². The monoisotopic (exact) mass is 276 g/mol. The van der Waals surface area contributed by atoms with Gasteiger partial charge in [0.05, 0.1) is 0 Å². The number of hydrogen-bond acceptors (Lipinski definition) is 3. The maximum Gasteiger partial charge on any atom is 0.500 e. The molecule has 0 saturated carbocycles. The van der Waals surface area contributed by atoms with Gasteiger partial charge in [0.15, 0.2) is 0 Å². The maximum absolute atomic E-state index is 5.40. The summed E-state index contributed by atoms with van der Waals surface area (Å²) < 4.78 is 16.2. The molecule has 0 unspecified atom stereocenters. The summed E-state index contributed by atoms with van der Waals surface area (Å²) in [5, 5.41) is 0. The number of rotatable bonds is 13. The molecule has 18 heavy (non-hydrogen) atoms. The third kappa shape index (κ3) is 8.24. The van der Waals surface area contributed by atoms with E-state index in [1.54, 1.807) is 21.3 Å². The average molecular weight is 276 g/mol. The molecule has 0 radical (unpaired) electrons. The minimum atomic E-state index is -2.30. The van der Waals surface area contributed by atoms with E-state index in [2.05, 4.69) is 6.92 Å². The lowest BCUT2D eigenvalue weighted by atomic mass is 10.1. The lowest BCUT2D eigenvalue weighted by Crippen LogP contribution is -2.42. The third-order valence-corrected chi connectivity index (χ3v) is 6.35. The van der Waals surface area contributed by atoms with Crippen LogP contribution in [0.5, 0.6) is 0 Å². The zero-order chi connectivity index (χ0) is 13.7. The summed E-state index contributed by atoms with van der Waals surface area (Å²) in [6, 6.07) is 0.937. The Hall–Kier alpha value is 0.0969. The molecule has 0 aliphatic rings. The summed E-state index contributed by atoms with van der Waals surface area (Å²) in [4.78, 5) is 0. The Morgan fingerprint density at radius 1 is 0.611 bits per heavy atom. The van der Waals surface area contributed by atoms with Gasteiger partial charge in [0.1, 0.15) is 0 Å². The van der Waals surface area contributed by atoms with Crippen LogP contribution in [0.3, 0.4) is 0 Å². The Morgan fingerprint density at radius 2 is 1.00 bits per heavy atom. The first-order valence-corrected chi connectivity index (χ1v) is 9.33. The lowest BCUT2D eigenvalue weighted by Gasteiger charge is -2.24. The molecule has 0 spiro atoms. The topological polar surface area (TPSA) is 27.7 Å². The maximum atomic E-state index is 5.40. The zero-order valence-electron chi connectivity index (χ0n) is 12.8. The number of hydrogen-bond donors (Lipinski definition) is 0. The van der Waals surface area contributed by atoms with Gasteiger partial charge >= 0.3 is 8.80 Å². The second-order valence-electron chi connectivity index (χ2n) is 4.87. The predicted octanol–water partition coefficient (Wildman–Crippen LogP) is 4.40. The molecule has 0 N–H and O–H groups in total. The van der Waals surface area contributed by atoms with Gasteiger partial charge in [-0.2, -0.15) is 0 Å². The summed E-state index contributed by atoms with van der Waals surface area (Å²) in [5.74, 6) is 0. The molecule has 0 aliphatic carbocycles. The SMILES string of the molecule is CCCCCCCCCCC[Si](OC)(OC)OC. The highest BCUT2D eigenvalue weighted by Gasteiger charge is 2.36. The average Bonchev–Trinajstić information content (AvgIpc) is 2.42. The molecule has 3 nitrogen and oxygen atoms in total. The summed E-state index contributed by atoms with van der Waals surface area (Å²) >= 11 is 0. The summed E-state index contributed by atoms with van der Waals surface area (Å²) in [7, 11) is 2.76. The predicted molar refractivity (Wildman–Crippen MR) is 78.8 cm³/mol. The van der Waals surface area contributed by atoms with E-state index in [1.807, 2.05) is 0 Å². The Kier molecular flexibility index (Phi) is 12.2. The van der Waals surface area contributed by atoms with Crippen LogP contribution in [0.1, 0.15) is 64.7 Å². The molecule has 0 aromatic rings. The summed E-state index contributed by atoms with van der Waals surface area (Å²) in [6.07, 6.45) is 12.0. The highest BCUT2D eigenvalue weighted by Crippen LogP contribution is 2.18. The molecule has 0 rings (SSSR count). The van der Waals surface area contributed by atoms with Crippen molar-refractivity contribution in [3.63, 3.8) is 0 Å². The first-order valence-electron chi connectivity index (χ1n) is 7.40. The van der Waals surface area contributed by atoms with Crippen molar-refractivity contribution >= 4 is 8.80 Å². The lowest BCUT2D eigenvalue weighted by molar-refractivity contribution is 0.122. The van der Waals surface area contributed by atoms with Crippen molar-refractivity contribution in [2.24, 2.45) is 0 Å². The van der Waals surface area contributed by atoms with Crippen LogP contribution in [0.25, 0.3) is 0 Å². The van der Waals surface area contributed by atoms with Gasteiger partial charge in [-0.1, -0.05) is 58.3 Å². The molecule has 0 atom stereocenters. The third-order valence-electron chi connectivity index (χ3n) is 3.52. The van der Waals surface area contributed by atoms with E-state index >= 15 is 0 Å². The fourth-order valence-corrected chi connectivity index (χ4v) is 4.00. The molecule has 0 saturated heterocycles. The standard InChI is InChI=1S/C14H32O3Si/c1-5-6-7-8-9-10-11-12-13-14-18(15-2,16-3)17-4/h5-14H2,1-4H3. The van der Waals surface area contributed by atoms with Crippen LogP contribution >= 0.6 is 0 Å². The molecular weight excluding hydrogens is 244 g/mol. The highest BCUT2D eigenvalue weighted by atomic mass is 28.4. The molecule has 0 aromatic heterocycles. The Bertz CT molecular complexity index is 164. The van der Waals surface area contributed by atoms with Crippen molar-refractivity contribution in [1.82, 2.24) is 0 Å². The second kappa shape index (κ2) is 12.1. The highest BCUT2D eigenvalue weighted by molar-refractivity contribution is 6.60. The van der Waals surface area contributed by atoms with Crippen LogP contribution in [0.2, 0.25) is 6.04 Å². The quantitative estimate of drug-likeness (QED) is 0.369. The van der Waals surface area contributed by atoms with Crippen molar-refractivity contribution in [2.45, 2.75) is 70.8 Å². The van der Waals surface area contributed by atoms with Crippen molar-refractivity contribution in [3.8, 4) is 0 Å². The fourth-order valence-electron chi connectivity index (χ4n) is 2.21. The van der Waals surface area contributed by atoms with Crippen LogP contribution in [0.15, 0.2) is 0 Å². The fraction of sp³-hybridized carbons (Fsp3) is 1.00. The van der Waals surface area contributed by atoms with E-state index in [1.165, 1.54) is 51.4 Å². The Labute approximate surface area is 115 Å². The van der Waals surface area contributed by atoms with Gasteiger partial charge in [-0.3, -0.25) is 0 Å². The van der Waals surface area contributed by atoms with Crippen molar-refractivity contribution in [2.75, 3.05) is 21.3 Å². The summed E-state index contributed by atoms with van der Waals surface area (Å²) in [6.45, 7) is 2.26. The van der Waals surface area contributed by atoms with E-state index in [0.717, 1.165) is 12.5 Å². The van der Waals surface area contributed by atoms with Crippen molar-refractivity contribution in [3.05, 3.63) is 0 Å². The molecule has 4 heteroatoms. The number of unbranched alkanes of at least 4 members (excludes halogenated alkanes) is 8. The summed E-state index contributed by atoms with van der Waals surface area (Å²) in [5.41, 5.74) is 0. The second-order valence-corrected chi connectivity index (χ2v) is 7.96. The van der Waals surface area contributed by atoms with Gasteiger partial charge in [0.25, 0.3) is 0 Å². The molecule has 0 bridgehead atoms. The van der Waals surface area contributed by atoms with Gasteiger partial charge in [-0.05, 0) is 6.42 Å². The molecule has 0 amide bonds.